The normalized spacial score (nSPS) is 18.1. The number of rotatable bonds is 3. The smallest absolute Gasteiger partial charge is 0.255 e. The van der Waals surface area contributed by atoms with Crippen molar-refractivity contribution in [2.75, 3.05) is 36.5 Å². The molecule has 0 radical (unpaired) electrons. The summed E-state index contributed by atoms with van der Waals surface area (Å²) >= 11 is 0. The fourth-order valence-electron chi connectivity index (χ4n) is 2.49. The third kappa shape index (κ3) is 3.97. The van der Waals surface area contributed by atoms with Crippen LogP contribution in [0.15, 0.2) is 18.2 Å². The fourth-order valence-corrected chi connectivity index (χ4v) is 3.76. The quantitative estimate of drug-likeness (QED) is 0.922. The maximum atomic E-state index is 12.7. The lowest BCUT2D eigenvalue weighted by Crippen LogP contribution is -2.34. The monoisotopic (exact) mass is 310 g/mol. The lowest BCUT2D eigenvalue weighted by molar-refractivity contribution is 0.0769. The van der Waals surface area contributed by atoms with Crippen LogP contribution < -0.4 is 5.32 Å². The van der Waals surface area contributed by atoms with E-state index in [1.54, 1.807) is 4.90 Å². The van der Waals surface area contributed by atoms with Crippen molar-refractivity contribution in [1.29, 1.82) is 0 Å². The van der Waals surface area contributed by atoms with Crippen LogP contribution in [-0.4, -0.2) is 50.4 Å². The molecule has 0 aromatic heterocycles. The minimum Gasteiger partial charge on any atom is -0.385 e. The second-order valence-corrected chi connectivity index (χ2v) is 7.68. The Morgan fingerprint density at radius 2 is 2.05 bits per heavy atom. The number of aryl methyl sites for hydroxylation is 1. The van der Waals surface area contributed by atoms with Gasteiger partial charge in [-0.25, -0.2) is 8.42 Å². The van der Waals surface area contributed by atoms with E-state index in [-0.39, 0.29) is 24.0 Å². The van der Waals surface area contributed by atoms with E-state index in [9.17, 15) is 13.2 Å². The van der Waals surface area contributed by atoms with E-state index < -0.39 is 9.84 Å². The molecule has 0 saturated carbocycles. The van der Waals surface area contributed by atoms with Gasteiger partial charge in [0.2, 0.25) is 0 Å². The molecule has 21 heavy (non-hydrogen) atoms. The van der Waals surface area contributed by atoms with Crippen molar-refractivity contribution in [3.63, 3.8) is 0 Å². The largest absolute Gasteiger partial charge is 0.385 e. The summed E-state index contributed by atoms with van der Waals surface area (Å²) < 4.78 is 23.3. The van der Waals surface area contributed by atoms with Crippen molar-refractivity contribution in [1.82, 2.24) is 4.90 Å². The first kappa shape index (κ1) is 15.8. The van der Waals surface area contributed by atoms with Gasteiger partial charge in [-0.3, -0.25) is 4.79 Å². The molecule has 1 aromatic rings. The lowest BCUT2D eigenvalue weighted by atomic mass is 10.1. The summed E-state index contributed by atoms with van der Waals surface area (Å²) in [6.07, 6.45) is 0.510. The van der Waals surface area contributed by atoms with Crippen LogP contribution in [0, 0.1) is 6.92 Å². The summed E-state index contributed by atoms with van der Waals surface area (Å²) in [6, 6.07) is 5.72. The summed E-state index contributed by atoms with van der Waals surface area (Å²) in [5.41, 5.74) is 2.44. The molecule has 1 heterocycles. The number of hydrogen-bond acceptors (Lipinski definition) is 4. The summed E-state index contributed by atoms with van der Waals surface area (Å²) in [7, 11) is -3.01. The van der Waals surface area contributed by atoms with Gasteiger partial charge in [0, 0.05) is 25.3 Å². The van der Waals surface area contributed by atoms with Crippen molar-refractivity contribution in [2.24, 2.45) is 0 Å². The van der Waals surface area contributed by atoms with Gasteiger partial charge in [0.15, 0.2) is 9.84 Å². The van der Waals surface area contributed by atoms with Crippen molar-refractivity contribution in [3.05, 3.63) is 29.3 Å². The molecule has 1 amide bonds. The Balaban J connectivity index is 2.25. The standard InChI is InChI=1S/C15H22N2O3S/c1-3-16-14-6-5-12(2)11-13(14)15(18)17-7-4-9-21(19,20)10-8-17/h5-6,11,16H,3-4,7-10H2,1-2H3. The van der Waals surface area contributed by atoms with Crippen LogP contribution in [0.5, 0.6) is 0 Å². The van der Waals surface area contributed by atoms with Crippen molar-refractivity contribution in [2.45, 2.75) is 20.3 Å². The number of benzene rings is 1. The van der Waals surface area contributed by atoms with Crippen molar-refractivity contribution < 1.29 is 13.2 Å². The van der Waals surface area contributed by atoms with Crippen molar-refractivity contribution >= 4 is 21.4 Å². The van der Waals surface area contributed by atoms with Crippen LogP contribution in [0.2, 0.25) is 0 Å². The zero-order valence-corrected chi connectivity index (χ0v) is 13.4. The average molecular weight is 310 g/mol. The number of nitrogens with one attached hydrogen (secondary N) is 1. The van der Waals surface area contributed by atoms with Gasteiger partial charge in [-0.2, -0.15) is 0 Å². The Morgan fingerprint density at radius 3 is 2.76 bits per heavy atom. The number of carbonyl (C=O) groups excluding carboxylic acids is 1. The summed E-state index contributed by atoms with van der Waals surface area (Å²) in [4.78, 5) is 14.4. The van der Waals surface area contributed by atoms with Gasteiger partial charge >= 0.3 is 0 Å². The third-order valence-corrected chi connectivity index (χ3v) is 5.33. The fraction of sp³-hybridized carbons (Fsp3) is 0.533. The highest BCUT2D eigenvalue weighted by Gasteiger charge is 2.24. The van der Waals surface area contributed by atoms with Gasteiger partial charge in [0.25, 0.3) is 5.91 Å². The number of anilines is 1. The maximum Gasteiger partial charge on any atom is 0.255 e. The second kappa shape index (κ2) is 6.47. The molecule has 116 valence electrons. The molecule has 5 nitrogen and oxygen atoms in total. The number of carbonyl (C=O) groups is 1. The maximum absolute atomic E-state index is 12.7. The highest BCUT2D eigenvalue weighted by Crippen LogP contribution is 2.20. The topological polar surface area (TPSA) is 66.5 Å². The van der Waals surface area contributed by atoms with Crippen LogP contribution >= 0.6 is 0 Å². The summed E-state index contributed by atoms with van der Waals surface area (Å²) in [6.45, 7) is 5.43. The van der Waals surface area contributed by atoms with Crippen LogP contribution in [0.4, 0.5) is 5.69 Å². The van der Waals surface area contributed by atoms with E-state index in [1.165, 1.54) is 0 Å². The number of amides is 1. The molecule has 0 unspecified atom stereocenters. The second-order valence-electron chi connectivity index (χ2n) is 5.38. The van der Waals surface area contributed by atoms with Gasteiger partial charge < -0.3 is 10.2 Å². The molecule has 1 aliphatic heterocycles. The first-order valence-corrected chi connectivity index (χ1v) is 9.09. The molecule has 1 saturated heterocycles. The molecule has 1 fully saturated rings. The Kier molecular flexibility index (Phi) is 4.88. The Labute approximate surface area is 126 Å². The molecule has 0 spiro atoms. The van der Waals surface area contributed by atoms with Gasteiger partial charge in [0.1, 0.15) is 0 Å². The summed E-state index contributed by atoms with van der Waals surface area (Å²) in [5, 5.41) is 3.19. The SMILES string of the molecule is CCNc1ccc(C)cc1C(=O)N1CCCS(=O)(=O)CC1. The highest BCUT2D eigenvalue weighted by atomic mass is 32.2. The predicted octanol–water partition coefficient (Wildman–Crippen LogP) is 1.69. The van der Waals surface area contributed by atoms with Crippen LogP contribution in [0.25, 0.3) is 0 Å². The Bertz CT molecular complexity index is 626. The summed E-state index contributed by atoms with van der Waals surface area (Å²) in [5.74, 6) is 0.137. The number of nitrogens with zero attached hydrogens (tertiary/aromatic N) is 1. The van der Waals surface area contributed by atoms with Gasteiger partial charge in [0.05, 0.1) is 17.1 Å². The van der Waals surface area contributed by atoms with E-state index in [4.69, 9.17) is 0 Å². The van der Waals surface area contributed by atoms with Crippen LogP contribution in [0.1, 0.15) is 29.3 Å². The Morgan fingerprint density at radius 1 is 1.29 bits per heavy atom. The first-order chi connectivity index (χ1) is 9.93. The molecule has 0 atom stereocenters. The molecule has 2 rings (SSSR count). The van der Waals surface area contributed by atoms with Gasteiger partial charge in [-0.05, 0) is 32.4 Å². The van der Waals surface area contributed by atoms with Crippen LogP contribution in [-0.2, 0) is 9.84 Å². The molecule has 1 aliphatic rings. The molecular weight excluding hydrogens is 288 g/mol. The minimum atomic E-state index is -3.01. The lowest BCUT2D eigenvalue weighted by Gasteiger charge is -2.22. The molecular formula is C15H22N2O3S. The zero-order chi connectivity index (χ0) is 15.5. The average Bonchev–Trinajstić information content (AvgIpc) is 2.61. The van der Waals surface area contributed by atoms with Crippen LogP contribution in [0.3, 0.4) is 0 Å². The van der Waals surface area contributed by atoms with Crippen molar-refractivity contribution in [3.8, 4) is 0 Å². The zero-order valence-electron chi connectivity index (χ0n) is 12.6. The van der Waals surface area contributed by atoms with E-state index in [0.717, 1.165) is 17.8 Å². The van der Waals surface area contributed by atoms with E-state index in [0.29, 0.717) is 18.5 Å². The molecule has 0 aliphatic carbocycles. The van der Waals surface area contributed by atoms with E-state index in [1.807, 2.05) is 32.0 Å². The molecule has 1 N–H and O–H groups in total. The highest BCUT2D eigenvalue weighted by molar-refractivity contribution is 7.91. The minimum absolute atomic E-state index is 0.0566. The molecule has 0 bridgehead atoms. The first-order valence-electron chi connectivity index (χ1n) is 7.27. The van der Waals surface area contributed by atoms with E-state index in [2.05, 4.69) is 5.32 Å². The Hall–Kier alpha value is -1.56. The third-order valence-electron chi connectivity index (χ3n) is 3.62. The number of sulfone groups is 1. The molecule has 1 aromatic carbocycles. The van der Waals surface area contributed by atoms with E-state index >= 15 is 0 Å². The predicted molar refractivity (Wildman–Crippen MR) is 84.5 cm³/mol. The van der Waals surface area contributed by atoms with Gasteiger partial charge in [-0.15, -0.1) is 0 Å². The molecule has 6 heteroatoms. The number of hydrogen-bond donors (Lipinski definition) is 1. The van der Waals surface area contributed by atoms with Gasteiger partial charge in [-0.1, -0.05) is 11.6 Å².